The third-order valence-electron chi connectivity index (χ3n) is 1.11. The fraction of sp³-hybridized carbons (Fsp3) is 0.600. The molecule has 0 saturated carbocycles. The number of carbonyl (C=O) groups is 2. The molecule has 0 amide bonds. The summed E-state index contributed by atoms with van der Waals surface area (Å²) in [6, 6.07) is -1.86. The molecule has 0 aromatic rings. The predicted octanol–water partition coefficient (Wildman–Crippen LogP) is -0.492. The van der Waals surface area contributed by atoms with Crippen molar-refractivity contribution in [2.45, 2.75) is 18.4 Å². The van der Waals surface area contributed by atoms with Crippen LogP contribution in [-0.2, 0) is 9.59 Å². The molecule has 0 aromatic carbocycles. The van der Waals surface area contributed by atoms with Crippen LogP contribution in [-0.4, -0.2) is 34.1 Å². The molecule has 0 aliphatic carbocycles. The average Bonchev–Trinajstić information content (AvgIpc) is 1.85. The lowest BCUT2D eigenvalue weighted by atomic mass is 10.1. The number of aliphatic carboxylic acids is 2. The van der Waals surface area contributed by atoms with E-state index in [-0.39, 0.29) is 0 Å². The van der Waals surface area contributed by atoms with Crippen LogP contribution in [0.5, 0.6) is 0 Å². The molecule has 0 aliphatic heterocycles. The van der Waals surface area contributed by atoms with Gasteiger partial charge in [0.1, 0.15) is 6.04 Å². The van der Waals surface area contributed by atoms with Crippen LogP contribution >= 0.6 is 0 Å². The van der Waals surface area contributed by atoms with Gasteiger partial charge in [0.15, 0.2) is 0 Å². The van der Waals surface area contributed by atoms with E-state index in [0.29, 0.717) is 0 Å². The molecule has 5 nitrogen and oxygen atoms in total. The summed E-state index contributed by atoms with van der Waals surface area (Å²) in [6.45, 7) is 0. The lowest BCUT2D eigenvalue weighted by molar-refractivity contribution is -0.167. The van der Waals surface area contributed by atoms with Gasteiger partial charge in [-0.2, -0.15) is 8.78 Å². The van der Waals surface area contributed by atoms with Gasteiger partial charge in [-0.15, -0.1) is 0 Å². The monoisotopic (exact) mass is 183 g/mol. The standard InChI is InChI=1S/C5H7F2NO4/c6-5(7,4(11)12)1-2(8)3(9)10/h2H,1,8H2,(H,9,10)(H,11,12)/t2-/m1/s1. The van der Waals surface area contributed by atoms with Gasteiger partial charge in [0, 0.05) is 6.42 Å². The first-order valence-electron chi connectivity index (χ1n) is 2.87. The molecule has 0 rings (SSSR count). The zero-order valence-electron chi connectivity index (χ0n) is 5.83. The average molecular weight is 183 g/mol. The van der Waals surface area contributed by atoms with Crippen molar-refractivity contribution in [3.63, 3.8) is 0 Å². The zero-order valence-corrected chi connectivity index (χ0v) is 5.83. The van der Waals surface area contributed by atoms with Crippen LogP contribution in [0.1, 0.15) is 6.42 Å². The first-order chi connectivity index (χ1) is 5.27. The van der Waals surface area contributed by atoms with E-state index in [4.69, 9.17) is 15.9 Å². The van der Waals surface area contributed by atoms with E-state index in [1.165, 1.54) is 0 Å². The van der Waals surface area contributed by atoms with E-state index in [0.717, 1.165) is 0 Å². The predicted molar refractivity (Wildman–Crippen MR) is 32.8 cm³/mol. The fourth-order valence-electron chi connectivity index (χ4n) is 0.451. The lowest BCUT2D eigenvalue weighted by Gasteiger charge is -2.12. The van der Waals surface area contributed by atoms with E-state index < -0.39 is 30.3 Å². The minimum Gasteiger partial charge on any atom is -0.480 e. The van der Waals surface area contributed by atoms with Crippen molar-refractivity contribution in [2.75, 3.05) is 0 Å². The van der Waals surface area contributed by atoms with Gasteiger partial charge in [-0.25, -0.2) is 4.79 Å². The topological polar surface area (TPSA) is 101 Å². The number of halogens is 2. The second-order valence-corrected chi connectivity index (χ2v) is 2.16. The van der Waals surface area contributed by atoms with Crippen molar-refractivity contribution in [2.24, 2.45) is 5.73 Å². The summed E-state index contributed by atoms with van der Waals surface area (Å²) in [5, 5.41) is 15.9. The molecule has 0 unspecified atom stereocenters. The second-order valence-electron chi connectivity index (χ2n) is 2.16. The van der Waals surface area contributed by atoms with Crippen molar-refractivity contribution >= 4 is 11.9 Å². The molecule has 0 bridgehead atoms. The smallest absolute Gasteiger partial charge is 0.374 e. The molecule has 7 heteroatoms. The molecule has 70 valence electrons. The third kappa shape index (κ3) is 2.79. The highest BCUT2D eigenvalue weighted by Crippen LogP contribution is 2.19. The summed E-state index contributed by atoms with van der Waals surface area (Å²) in [5.74, 6) is -8.12. The van der Waals surface area contributed by atoms with Crippen LogP contribution in [0, 0.1) is 0 Å². The highest BCUT2D eigenvalue weighted by Gasteiger charge is 2.41. The quantitative estimate of drug-likeness (QED) is 0.545. The van der Waals surface area contributed by atoms with Gasteiger partial charge in [-0.3, -0.25) is 4.79 Å². The SMILES string of the molecule is N[C@H](CC(F)(F)C(=O)O)C(=O)O. The van der Waals surface area contributed by atoms with Gasteiger partial charge in [0.25, 0.3) is 0 Å². The molecule has 0 fully saturated rings. The molecule has 0 saturated heterocycles. The van der Waals surface area contributed by atoms with E-state index in [9.17, 15) is 18.4 Å². The summed E-state index contributed by atoms with van der Waals surface area (Å²) in [7, 11) is 0. The van der Waals surface area contributed by atoms with Crippen LogP contribution in [0.3, 0.4) is 0 Å². The molecule has 1 atom stereocenters. The van der Waals surface area contributed by atoms with Crippen molar-refractivity contribution in [3.8, 4) is 0 Å². The molecule has 12 heavy (non-hydrogen) atoms. The Hall–Kier alpha value is -1.24. The van der Waals surface area contributed by atoms with Crippen LogP contribution < -0.4 is 5.73 Å². The number of rotatable bonds is 4. The summed E-state index contributed by atoms with van der Waals surface area (Å²) >= 11 is 0. The number of nitrogens with two attached hydrogens (primary N) is 1. The normalized spacial score (nSPS) is 13.9. The molecular formula is C5H7F2NO4. The van der Waals surface area contributed by atoms with E-state index in [1.807, 2.05) is 0 Å². The van der Waals surface area contributed by atoms with Crippen LogP contribution in [0.15, 0.2) is 0 Å². The van der Waals surface area contributed by atoms with E-state index in [1.54, 1.807) is 0 Å². The van der Waals surface area contributed by atoms with Crippen molar-refractivity contribution < 1.29 is 28.6 Å². The Morgan fingerprint density at radius 1 is 1.42 bits per heavy atom. The zero-order chi connectivity index (χ0) is 9.94. The summed E-state index contributed by atoms with van der Waals surface area (Å²) in [5.41, 5.74) is 4.70. The Labute approximate surface area is 65.8 Å². The Morgan fingerprint density at radius 3 is 2.08 bits per heavy atom. The molecule has 0 radical (unpaired) electrons. The summed E-state index contributed by atoms with van der Waals surface area (Å²) in [4.78, 5) is 19.7. The Balaban J connectivity index is 4.24. The maximum Gasteiger partial charge on any atom is 0.374 e. The van der Waals surface area contributed by atoms with Crippen molar-refractivity contribution in [1.82, 2.24) is 0 Å². The number of carboxylic acid groups (broad SMARTS) is 2. The molecule has 0 aromatic heterocycles. The molecule has 4 N–H and O–H groups in total. The lowest BCUT2D eigenvalue weighted by Crippen LogP contribution is -2.40. The number of hydrogen-bond acceptors (Lipinski definition) is 3. The fourth-order valence-corrected chi connectivity index (χ4v) is 0.451. The molecule has 0 heterocycles. The third-order valence-corrected chi connectivity index (χ3v) is 1.11. The van der Waals surface area contributed by atoms with Gasteiger partial charge in [-0.1, -0.05) is 0 Å². The first-order valence-corrected chi connectivity index (χ1v) is 2.87. The first kappa shape index (κ1) is 10.8. The molecule has 0 aliphatic rings. The molecule has 0 spiro atoms. The molecular weight excluding hydrogens is 176 g/mol. The van der Waals surface area contributed by atoms with Crippen molar-refractivity contribution in [3.05, 3.63) is 0 Å². The van der Waals surface area contributed by atoms with Crippen molar-refractivity contribution in [1.29, 1.82) is 0 Å². The van der Waals surface area contributed by atoms with Gasteiger partial charge in [0.05, 0.1) is 0 Å². The number of carboxylic acids is 2. The van der Waals surface area contributed by atoms with Gasteiger partial charge >= 0.3 is 17.9 Å². The Bertz CT molecular complexity index is 206. The maximum absolute atomic E-state index is 12.2. The highest BCUT2D eigenvalue weighted by atomic mass is 19.3. The van der Waals surface area contributed by atoms with Gasteiger partial charge in [-0.05, 0) is 0 Å². The van der Waals surface area contributed by atoms with Crippen LogP contribution in [0.25, 0.3) is 0 Å². The maximum atomic E-state index is 12.2. The van der Waals surface area contributed by atoms with Crippen LogP contribution in [0.4, 0.5) is 8.78 Å². The number of hydrogen-bond donors (Lipinski definition) is 3. The van der Waals surface area contributed by atoms with E-state index >= 15 is 0 Å². The largest absolute Gasteiger partial charge is 0.480 e. The van der Waals surface area contributed by atoms with E-state index in [2.05, 4.69) is 0 Å². The van der Waals surface area contributed by atoms with Crippen LogP contribution in [0.2, 0.25) is 0 Å². The Morgan fingerprint density at radius 2 is 1.83 bits per heavy atom. The highest BCUT2D eigenvalue weighted by molar-refractivity contribution is 5.78. The number of alkyl halides is 2. The van der Waals surface area contributed by atoms with Gasteiger partial charge in [0.2, 0.25) is 0 Å². The minimum atomic E-state index is -4.09. The van der Waals surface area contributed by atoms with Gasteiger partial charge < -0.3 is 15.9 Å². The minimum absolute atomic E-state index is 1.41. The Kier molecular flexibility index (Phi) is 3.08. The summed E-state index contributed by atoms with van der Waals surface area (Å²) < 4.78 is 24.4. The second kappa shape index (κ2) is 3.44. The summed E-state index contributed by atoms with van der Waals surface area (Å²) in [6.07, 6.45) is -1.41.